The van der Waals surface area contributed by atoms with Crippen molar-refractivity contribution in [1.29, 1.82) is 0 Å². The summed E-state index contributed by atoms with van der Waals surface area (Å²) in [6.45, 7) is -1.75. The second kappa shape index (κ2) is 7.06. The molecule has 0 saturated carbocycles. The van der Waals surface area contributed by atoms with Crippen molar-refractivity contribution >= 4 is 35.1 Å². The number of carbonyl (C=O) groups is 2. The van der Waals surface area contributed by atoms with Crippen LogP contribution in [0.2, 0.25) is 10.0 Å². The Labute approximate surface area is 144 Å². The third-order valence-electron chi connectivity index (χ3n) is 3.66. The summed E-state index contributed by atoms with van der Waals surface area (Å²) in [4.78, 5) is 23.8. The van der Waals surface area contributed by atoms with Crippen LogP contribution in [0.4, 0.5) is 13.2 Å². The number of amides is 1. The van der Waals surface area contributed by atoms with E-state index in [0.717, 1.165) is 4.90 Å². The molecule has 0 spiro atoms. The highest BCUT2D eigenvalue weighted by Gasteiger charge is 2.53. The average Bonchev–Trinajstić information content (AvgIpc) is 2.94. The number of rotatable bonds is 4. The van der Waals surface area contributed by atoms with Crippen molar-refractivity contribution in [3.8, 4) is 5.75 Å². The van der Waals surface area contributed by atoms with Crippen LogP contribution < -0.4 is 4.74 Å². The predicted molar refractivity (Wildman–Crippen MR) is 79.2 cm³/mol. The highest BCUT2D eigenvalue weighted by atomic mass is 35.5. The molecule has 1 aromatic carbocycles. The van der Waals surface area contributed by atoms with E-state index in [-0.39, 0.29) is 15.8 Å². The highest BCUT2D eigenvalue weighted by Crippen LogP contribution is 2.37. The van der Waals surface area contributed by atoms with Crippen LogP contribution in [0.3, 0.4) is 0 Å². The van der Waals surface area contributed by atoms with E-state index in [0.29, 0.717) is 0 Å². The van der Waals surface area contributed by atoms with Crippen LogP contribution in [0.25, 0.3) is 0 Å². The number of benzene rings is 1. The Bertz CT molecular complexity index is 653. The zero-order valence-corrected chi connectivity index (χ0v) is 13.5. The first-order valence-corrected chi connectivity index (χ1v) is 7.50. The Balaban J connectivity index is 2.00. The van der Waals surface area contributed by atoms with Gasteiger partial charge in [-0.25, -0.2) is 0 Å². The van der Waals surface area contributed by atoms with Gasteiger partial charge in [0.05, 0.1) is 21.9 Å². The number of nitrogens with zero attached hydrogens (tertiary/aromatic N) is 1. The lowest BCUT2D eigenvalue weighted by Crippen LogP contribution is -2.35. The van der Waals surface area contributed by atoms with E-state index in [2.05, 4.69) is 0 Å². The number of likely N-dealkylation sites (tertiary alicyclic amines) is 1. The smallest absolute Gasteiger partial charge is 0.394 e. The number of hydrogen-bond donors (Lipinski definition) is 1. The molecule has 2 rings (SSSR count). The molecule has 0 bridgehead atoms. The molecular formula is C14H12Cl2F3NO4. The molecule has 1 saturated heterocycles. The van der Waals surface area contributed by atoms with Gasteiger partial charge < -0.3 is 14.7 Å². The molecule has 0 aromatic heterocycles. The second-order valence-electron chi connectivity index (χ2n) is 5.26. The molecule has 1 aliphatic heterocycles. The summed E-state index contributed by atoms with van der Waals surface area (Å²) in [6.07, 6.45) is -4.69. The molecule has 24 heavy (non-hydrogen) atoms. The molecule has 5 nitrogen and oxygen atoms in total. The van der Waals surface area contributed by atoms with E-state index in [1.807, 2.05) is 0 Å². The van der Waals surface area contributed by atoms with E-state index < -0.39 is 49.6 Å². The zero-order chi connectivity index (χ0) is 18.1. The average molecular weight is 386 g/mol. The van der Waals surface area contributed by atoms with Crippen molar-refractivity contribution in [2.24, 2.45) is 11.8 Å². The molecule has 10 heteroatoms. The summed E-state index contributed by atoms with van der Waals surface area (Å²) < 4.78 is 43.8. The lowest BCUT2D eigenvalue weighted by atomic mass is 9.96. The summed E-state index contributed by atoms with van der Waals surface area (Å²) in [5.74, 6) is -5.88. The van der Waals surface area contributed by atoms with Crippen molar-refractivity contribution in [2.45, 2.75) is 6.18 Å². The Kier molecular flexibility index (Phi) is 5.49. The lowest BCUT2D eigenvalue weighted by Gasteiger charge is -2.18. The first-order chi connectivity index (χ1) is 11.1. The first-order valence-electron chi connectivity index (χ1n) is 6.74. The van der Waals surface area contributed by atoms with Gasteiger partial charge in [-0.15, -0.1) is 0 Å². The quantitative estimate of drug-likeness (QED) is 0.864. The Morgan fingerprint density at radius 1 is 1.25 bits per heavy atom. The Hall–Kier alpha value is -1.67. The molecule has 0 unspecified atom stereocenters. The number of carboxylic acid groups (broad SMARTS) is 1. The minimum atomic E-state index is -4.69. The number of carbonyl (C=O) groups excluding carboxylic acids is 1. The van der Waals surface area contributed by atoms with Crippen molar-refractivity contribution < 1.29 is 32.6 Å². The fourth-order valence-corrected chi connectivity index (χ4v) is 2.68. The monoisotopic (exact) mass is 385 g/mol. The minimum Gasteiger partial charge on any atom is -0.484 e. The van der Waals surface area contributed by atoms with Crippen LogP contribution >= 0.6 is 23.2 Å². The van der Waals surface area contributed by atoms with Crippen molar-refractivity contribution in [3.63, 3.8) is 0 Å². The van der Waals surface area contributed by atoms with Crippen LogP contribution in [-0.2, 0) is 9.59 Å². The summed E-state index contributed by atoms with van der Waals surface area (Å²) >= 11 is 11.5. The standard InChI is InChI=1S/C14H12Cl2F3NO4/c15-10-2-1-7(3-11(10)16)24-6-12(21)20-4-8(13(22)23)9(5-20)14(17,18)19/h1-3,8-9H,4-6H2,(H,22,23)/t8-,9-/m1/s1. The molecule has 1 aromatic rings. The van der Waals surface area contributed by atoms with Gasteiger partial charge in [-0.3, -0.25) is 9.59 Å². The minimum absolute atomic E-state index is 0.200. The van der Waals surface area contributed by atoms with Gasteiger partial charge in [0, 0.05) is 19.2 Å². The predicted octanol–water partition coefficient (Wildman–Crippen LogP) is 3.09. The lowest BCUT2D eigenvalue weighted by molar-refractivity contribution is -0.188. The number of aliphatic carboxylic acids is 1. The van der Waals surface area contributed by atoms with Crippen LogP contribution in [0.5, 0.6) is 5.75 Å². The summed E-state index contributed by atoms with van der Waals surface area (Å²) in [7, 11) is 0. The molecule has 1 amide bonds. The molecule has 0 aliphatic carbocycles. The second-order valence-corrected chi connectivity index (χ2v) is 6.07. The number of halogens is 5. The van der Waals surface area contributed by atoms with E-state index in [9.17, 15) is 22.8 Å². The molecule has 132 valence electrons. The van der Waals surface area contributed by atoms with E-state index >= 15 is 0 Å². The zero-order valence-electron chi connectivity index (χ0n) is 12.0. The van der Waals surface area contributed by atoms with Crippen LogP contribution in [-0.4, -0.2) is 47.8 Å². The third kappa shape index (κ3) is 4.24. The third-order valence-corrected chi connectivity index (χ3v) is 4.40. The normalized spacial score (nSPS) is 21.0. The van der Waals surface area contributed by atoms with Gasteiger partial charge in [0.1, 0.15) is 5.75 Å². The number of hydrogen-bond acceptors (Lipinski definition) is 3. The fourth-order valence-electron chi connectivity index (χ4n) is 2.39. The highest BCUT2D eigenvalue weighted by molar-refractivity contribution is 6.42. The van der Waals surface area contributed by atoms with Gasteiger partial charge in [0.25, 0.3) is 5.91 Å². The van der Waals surface area contributed by atoms with Crippen LogP contribution in [0, 0.1) is 11.8 Å². The molecule has 1 fully saturated rings. The molecule has 1 aliphatic rings. The molecule has 1 N–H and O–H groups in total. The van der Waals surface area contributed by atoms with Crippen molar-refractivity contribution in [2.75, 3.05) is 19.7 Å². The molecule has 2 atom stereocenters. The summed E-state index contributed by atoms with van der Waals surface area (Å²) in [5.41, 5.74) is 0. The Morgan fingerprint density at radius 3 is 2.42 bits per heavy atom. The maximum absolute atomic E-state index is 12.9. The fraction of sp³-hybridized carbons (Fsp3) is 0.429. The van der Waals surface area contributed by atoms with Crippen molar-refractivity contribution in [1.82, 2.24) is 4.90 Å². The van der Waals surface area contributed by atoms with E-state index in [4.69, 9.17) is 33.0 Å². The molecule has 1 heterocycles. The molecule has 0 radical (unpaired) electrons. The van der Waals surface area contributed by atoms with E-state index in [1.165, 1.54) is 18.2 Å². The Morgan fingerprint density at radius 2 is 1.92 bits per heavy atom. The van der Waals surface area contributed by atoms with Crippen LogP contribution in [0.1, 0.15) is 0 Å². The number of ether oxygens (including phenoxy) is 1. The summed E-state index contributed by atoms with van der Waals surface area (Å²) in [6, 6.07) is 4.25. The molecular weight excluding hydrogens is 374 g/mol. The van der Waals surface area contributed by atoms with Crippen LogP contribution in [0.15, 0.2) is 18.2 Å². The van der Waals surface area contributed by atoms with Gasteiger partial charge in [-0.05, 0) is 12.1 Å². The summed E-state index contributed by atoms with van der Waals surface area (Å²) in [5, 5.41) is 9.40. The van der Waals surface area contributed by atoms with Gasteiger partial charge in [-0.2, -0.15) is 13.2 Å². The topological polar surface area (TPSA) is 66.8 Å². The maximum atomic E-state index is 12.9. The largest absolute Gasteiger partial charge is 0.484 e. The van der Waals surface area contributed by atoms with Gasteiger partial charge in [-0.1, -0.05) is 23.2 Å². The number of carboxylic acids is 1. The SMILES string of the molecule is O=C(O)[C@@H]1CN(C(=O)COc2ccc(Cl)c(Cl)c2)C[C@H]1C(F)(F)F. The van der Waals surface area contributed by atoms with Gasteiger partial charge in [0.2, 0.25) is 0 Å². The number of alkyl halides is 3. The van der Waals surface area contributed by atoms with Crippen molar-refractivity contribution in [3.05, 3.63) is 28.2 Å². The van der Waals surface area contributed by atoms with Gasteiger partial charge >= 0.3 is 12.1 Å². The maximum Gasteiger partial charge on any atom is 0.394 e. The van der Waals surface area contributed by atoms with Gasteiger partial charge in [0.15, 0.2) is 6.61 Å². The van der Waals surface area contributed by atoms with E-state index in [1.54, 1.807) is 0 Å². The first kappa shape index (κ1) is 18.7.